The third-order valence-corrected chi connectivity index (χ3v) is 8.38. The largest absolute Gasteiger partial charge is 0.465 e. The highest BCUT2D eigenvalue weighted by molar-refractivity contribution is 7.92. The van der Waals surface area contributed by atoms with Crippen molar-refractivity contribution >= 4 is 27.8 Å². The van der Waals surface area contributed by atoms with Gasteiger partial charge >= 0.3 is 12.1 Å². The van der Waals surface area contributed by atoms with Crippen LogP contribution >= 0.6 is 0 Å². The molecule has 3 aliphatic rings. The molecule has 1 atom stereocenters. The molecule has 3 N–H and O–H groups in total. The molecule has 9 heteroatoms. The first-order chi connectivity index (χ1) is 15.4. The molecule has 0 bridgehead atoms. The van der Waals surface area contributed by atoms with Crippen molar-refractivity contribution < 1.29 is 23.1 Å². The number of anilines is 1. The number of sulfonamides is 1. The number of nitrogens with zero attached hydrogens (tertiary/aromatic N) is 1. The van der Waals surface area contributed by atoms with E-state index in [1.807, 2.05) is 20.8 Å². The summed E-state index contributed by atoms with van der Waals surface area (Å²) in [5.74, 6) is 0. The van der Waals surface area contributed by atoms with E-state index in [1.165, 1.54) is 22.1 Å². The first-order valence-electron chi connectivity index (χ1n) is 11.6. The number of hydrogen-bond acceptors (Lipinski definition) is 4. The van der Waals surface area contributed by atoms with Crippen molar-refractivity contribution in [1.29, 1.82) is 0 Å². The number of carbonyl (C=O) groups is 2. The zero-order valence-corrected chi connectivity index (χ0v) is 20.3. The average molecular weight is 476 g/mol. The first kappa shape index (κ1) is 23.6. The Morgan fingerprint density at radius 1 is 1.06 bits per heavy atom. The van der Waals surface area contributed by atoms with Crippen LogP contribution in [-0.2, 0) is 35.7 Å². The predicted molar refractivity (Wildman–Crippen MR) is 127 cm³/mol. The van der Waals surface area contributed by atoms with Gasteiger partial charge in [0, 0.05) is 17.6 Å². The maximum atomic E-state index is 12.8. The monoisotopic (exact) mass is 475 g/mol. The number of nitrogens with one attached hydrogen (secondary N) is 2. The van der Waals surface area contributed by atoms with Gasteiger partial charge in [-0.1, -0.05) is 26.8 Å². The summed E-state index contributed by atoms with van der Waals surface area (Å²) in [6, 6.07) is 1.45. The number of carbonyl (C=O) groups excluding carboxylic acids is 1. The summed E-state index contributed by atoms with van der Waals surface area (Å²) in [6.45, 7) is 6.01. The summed E-state index contributed by atoms with van der Waals surface area (Å²) in [4.78, 5) is 25.9. The summed E-state index contributed by atoms with van der Waals surface area (Å²) < 4.78 is 27.6. The van der Waals surface area contributed by atoms with Crippen LogP contribution in [0.3, 0.4) is 0 Å². The fourth-order valence-corrected chi connectivity index (χ4v) is 6.56. The molecule has 1 fully saturated rings. The van der Waals surface area contributed by atoms with Crippen LogP contribution in [0.1, 0.15) is 68.7 Å². The molecule has 0 saturated carbocycles. The summed E-state index contributed by atoms with van der Waals surface area (Å²) in [6.07, 6.45) is 7.30. The van der Waals surface area contributed by atoms with Gasteiger partial charge in [-0.25, -0.2) is 22.7 Å². The third kappa shape index (κ3) is 4.35. The van der Waals surface area contributed by atoms with E-state index >= 15 is 0 Å². The second-order valence-corrected chi connectivity index (χ2v) is 11.9. The van der Waals surface area contributed by atoms with Gasteiger partial charge in [0.15, 0.2) is 0 Å². The molecule has 1 aromatic carbocycles. The molecule has 0 radical (unpaired) electrons. The number of rotatable bonds is 4. The van der Waals surface area contributed by atoms with Gasteiger partial charge in [-0.2, -0.15) is 0 Å². The van der Waals surface area contributed by atoms with Gasteiger partial charge < -0.3 is 10.4 Å². The van der Waals surface area contributed by atoms with Crippen LogP contribution in [0.15, 0.2) is 17.6 Å². The van der Waals surface area contributed by atoms with E-state index in [0.29, 0.717) is 19.4 Å². The number of likely N-dealkylation sites (tertiary alicyclic amines) is 1. The van der Waals surface area contributed by atoms with E-state index in [0.717, 1.165) is 60.7 Å². The van der Waals surface area contributed by atoms with E-state index in [9.17, 15) is 23.1 Å². The molecular weight excluding hydrogens is 442 g/mol. The number of aryl methyl sites for hydroxylation is 2. The van der Waals surface area contributed by atoms with Crippen LogP contribution in [0.2, 0.25) is 0 Å². The Kier molecular flexibility index (Phi) is 5.97. The molecular formula is C24H33N3O5S. The molecule has 180 valence electrons. The number of amides is 3. The van der Waals surface area contributed by atoms with Crippen molar-refractivity contribution in [2.45, 2.75) is 77.7 Å². The third-order valence-electron chi connectivity index (χ3n) is 7.42. The van der Waals surface area contributed by atoms with Gasteiger partial charge in [0.2, 0.25) is 0 Å². The molecule has 3 amide bonds. The van der Waals surface area contributed by atoms with Crippen molar-refractivity contribution in [1.82, 2.24) is 9.62 Å². The highest BCUT2D eigenvalue weighted by Crippen LogP contribution is 2.45. The first-order valence-corrected chi connectivity index (χ1v) is 13.2. The predicted octanol–water partition coefficient (Wildman–Crippen LogP) is 4.19. The molecule has 1 saturated heterocycles. The Labute approximate surface area is 195 Å². The fourth-order valence-electron chi connectivity index (χ4n) is 5.78. The standard InChI is InChI=1S/C24H33N3O5S/c1-23(2,3)24(11-6-13-27(24)22(29)30)12-14-33(31,32)26-21(28)25-20-18-9-4-7-16(18)15-17-8-5-10-19(17)20/h12,14-15H,4-11,13H2,1-3H3,(H,29,30)(H2,25,26,28)/b14-12+/t24-/m0/s1. The molecule has 0 aromatic heterocycles. The highest BCUT2D eigenvalue weighted by Gasteiger charge is 2.50. The van der Waals surface area contributed by atoms with Gasteiger partial charge in [-0.3, -0.25) is 4.90 Å². The van der Waals surface area contributed by atoms with Gasteiger partial charge in [-0.15, -0.1) is 0 Å². The Morgan fingerprint density at radius 2 is 1.67 bits per heavy atom. The Balaban J connectivity index is 1.55. The molecule has 1 aliphatic heterocycles. The summed E-state index contributed by atoms with van der Waals surface area (Å²) in [5.41, 5.74) is 4.01. The van der Waals surface area contributed by atoms with Crippen LogP contribution in [-0.4, -0.2) is 42.6 Å². The fraction of sp³-hybridized carbons (Fsp3) is 0.583. The minimum atomic E-state index is -4.13. The minimum Gasteiger partial charge on any atom is -0.465 e. The Hall–Kier alpha value is -2.55. The molecule has 0 unspecified atom stereocenters. The number of hydrogen-bond donors (Lipinski definition) is 3. The van der Waals surface area contributed by atoms with Gasteiger partial charge in [-0.05, 0) is 85.1 Å². The average Bonchev–Trinajstić information content (AvgIpc) is 3.44. The van der Waals surface area contributed by atoms with E-state index in [1.54, 1.807) is 0 Å². The maximum Gasteiger partial charge on any atom is 0.408 e. The van der Waals surface area contributed by atoms with Gasteiger partial charge in [0.1, 0.15) is 0 Å². The summed E-state index contributed by atoms with van der Waals surface area (Å²) in [7, 11) is -4.13. The minimum absolute atomic E-state index is 0.342. The molecule has 1 heterocycles. The lowest BCUT2D eigenvalue weighted by molar-refractivity contribution is 0.0642. The molecule has 2 aliphatic carbocycles. The maximum absolute atomic E-state index is 12.8. The van der Waals surface area contributed by atoms with Gasteiger partial charge in [0.25, 0.3) is 10.0 Å². The number of fused-ring (bicyclic) bond motifs is 2. The highest BCUT2D eigenvalue weighted by atomic mass is 32.2. The smallest absolute Gasteiger partial charge is 0.408 e. The van der Waals surface area contributed by atoms with Crippen molar-refractivity contribution in [2.24, 2.45) is 5.41 Å². The van der Waals surface area contributed by atoms with Crippen LogP contribution in [0.25, 0.3) is 0 Å². The number of urea groups is 1. The van der Waals surface area contributed by atoms with E-state index < -0.39 is 33.1 Å². The lowest BCUT2D eigenvalue weighted by Crippen LogP contribution is -2.54. The van der Waals surface area contributed by atoms with Crippen molar-refractivity contribution in [3.8, 4) is 0 Å². The van der Waals surface area contributed by atoms with Crippen LogP contribution in [0.4, 0.5) is 15.3 Å². The number of carboxylic acid groups (broad SMARTS) is 1. The topological polar surface area (TPSA) is 116 Å². The van der Waals surface area contributed by atoms with Crippen LogP contribution < -0.4 is 10.0 Å². The second kappa shape index (κ2) is 8.34. The molecule has 8 nitrogen and oxygen atoms in total. The lowest BCUT2D eigenvalue weighted by atomic mass is 9.72. The van der Waals surface area contributed by atoms with Crippen LogP contribution in [0.5, 0.6) is 0 Å². The van der Waals surface area contributed by atoms with Crippen LogP contribution in [0, 0.1) is 5.41 Å². The summed E-state index contributed by atoms with van der Waals surface area (Å²) >= 11 is 0. The quantitative estimate of drug-likeness (QED) is 0.604. The molecule has 1 aromatic rings. The van der Waals surface area contributed by atoms with Crippen molar-refractivity contribution in [2.75, 3.05) is 11.9 Å². The van der Waals surface area contributed by atoms with Gasteiger partial charge in [0.05, 0.1) is 5.54 Å². The van der Waals surface area contributed by atoms with E-state index in [4.69, 9.17) is 0 Å². The van der Waals surface area contributed by atoms with E-state index in [-0.39, 0.29) is 0 Å². The Bertz CT molecular complexity index is 1090. The molecule has 33 heavy (non-hydrogen) atoms. The SMILES string of the molecule is CC(C)(C)[C@@]1(/C=C/S(=O)(=O)NC(=O)Nc2c3c(cc4c2CCC4)CCC3)CCCN1C(=O)O. The zero-order valence-electron chi connectivity index (χ0n) is 19.5. The summed E-state index contributed by atoms with van der Waals surface area (Å²) in [5, 5.41) is 13.4. The zero-order chi connectivity index (χ0) is 24.0. The molecule has 0 spiro atoms. The second-order valence-electron chi connectivity index (χ2n) is 10.3. The normalized spacial score (nSPS) is 22.5. The number of benzene rings is 1. The van der Waals surface area contributed by atoms with Crippen molar-refractivity contribution in [3.05, 3.63) is 39.8 Å². The Morgan fingerprint density at radius 3 is 2.21 bits per heavy atom. The van der Waals surface area contributed by atoms with Crippen molar-refractivity contribution in [3.63, 3.8) is 0 Å². The lowest BCUT2D eigenvalue weighted by Gasteiger charge is -2.45. The van der Waals surface area contributed by atoms with E-state index in [2.05, 4.69) is 16.1 Å². The molecule has 4 rings (SSSR count).